The lowest BCUT2D eigenvalue weighted by Crippen LogP contribution is -2.52. The largest absolute Gasteiger partial charge is 0.396 e. The molecule has 0 spiro atoms. The Balaban J connectivity index is 1.50. The van der Waals surface area contributed by atoms with Crippen molar-refractivity contribution in [1.82, 2.24) is 10.2 Å². The Kier molecular flexibility index (Phi) is 4.40. The number of imide groups is 1. The van der Waals surface area contributed by atoms with Gasteiger partial charge in [0.2, 0.25) is 11.8 Å². The van der Waals surface area contributed by atoms with Gasteiger partial charge in [0.25, 0.3) is 5.91 Å². The van der Waals surface area contributed by atoms with Crippen LogP contribution in [0.2, 0.25) is 0 Å². The molecule has 3 aliphatic heterocycles. The Morgan fingerprint density at radius 1 is 1.12 bits per heavy atom. The highest BCUT2D eigenvalue weighted by molar-refractivity contribution is 6.05. The molecule has 138 valence electrons. The minimum absolute atomic E-state index is 0.139. The summed E-state index contributed by atoms with van der Waals surface area (Å²) in [6.45, 7) is 2.44. The molecule has 7 heteroatoms. The first-order valence-electron chi connectivity index (χ1n) is 9.20. The summed E-state index contributed by atoms with van der Waals surface area (Å²) in [5.74, 6) is -0.414. The first-order chi connectivity index (χ1) is 12.6. The molecule has 3 heterocycles. The number of benzene rings is 1. The van der Waals surface area contributed by atoms with E-state index in [1.54, 1.807) is 4.90 Å². The first kappa shape index (κ1) is 17.0. The maximum Gasteiger partial charge on any atom is 0.255 e. The van der Waals surface area contributed by atoms with Crippen molar-refractivity contribution in [2.45, 2.75) is 38.3 Å². The quantitative estimate of drug-likeness (QED) is 0.776. The number of nitrogens with one attached hydrogen (secondary N) is 1. The van der Waals surface area contributed by atoms with Crippen LogP contribution in [0.1, 0.15) is 41.6 Å². The fraction of sp³-hybridized carbons (Fsp3) is 0.526. The Hall–Kier alpha value is -2.41. The normalized spacial score (nSPS) is 24.0. The highest BCUT2D eigenvalue weighted by atomic mass is 16.3. The summed E-state index contributed by atoms with van der Waals surface area (Å²) in [7, 11) is 0. The standard InChI is InChI=1S/C19H23N3O4/c23-11-12-5-7-21(8-6-12)14-1-2-15-13(9-14)10-22(19(15)26)16-3-4-17(24)20-18(16)25/h1-2,9,12,16,23H,3-8,10-11H2,(H,20,24,25). The molecule has 2 N–H and O–H groups in total. The Morgan fingerprint density at radius 3 is 2.58 bits per heavy atom. The minimum Gasteiger partial charge on any atom is -0.396 e. The fourth-order valence-electron chi connectivity index (χ4n) is 4.13. The van der Waals surface area contributed by atoms with Crippen LogP contribution >= 0.6 is 0 Å². The van der Waals surface area contributed by atoms with Gasteiger partial charge in [0.15, 0.2) is 0 Å². The number of anilines is 1. The number of aliphatic hydroxyl groups is 1. The van der Waals surface area contributed by atoms with E-state index in [2.05, 4.69) is 10.2 Å². The molecule has 0 aromatic heterocycles. The molecule has 0 saturated carbocycles. The zero-order valence-electron chi connectivity index (χ0n) is 14.6. The number of amides is 3. The molecule has 3 amide bonds. The van der Waals surface area contributed by atoms with Crippen molar-refractivity contribution in [2.75, 3.05) is 24.6 Å². The number of rotatable bonds is 3. The summed E-state index contributed by atoms with van der Waals surface area (Å²) in [4.78, 5) is 40.0. The molecule has 2 fully saturated rings. The number of piperidine rings is 2. The van der Waals surface area contributed by atoms with Gasteiger partial charge in [-0.3, -0.25) is 19.7 Å². The van der Waals surface area contributed by atoms with E-state index in [1.807, 2.05) is 18.2 Å². The van der Waals surface area contributed by atoms with Gasteiger partial charge in [-0.15, -0.1) is 0 Å². The average Bonchev–Trinajstić information content (AvgIpc) is 2.98. The lowest BCUT2D eigenvalue weighted by molar-refractivity contribution is -0.136. The molecule has 26 heavy (non-hydrogen) atoms. The van der Waals surface area contributed by atoms with E-state index in [0.29, 0.717) is 24.4 Å². The van der Waals surface area contributed by atoms with Crippen LogP contribution in [0.5, 0.6) is 0 Å². The molecule has 1 aromatic rings. The van der Waals surface area contributed by atoms with Gasteiger partial charge in [-0.1, -0.05) is 0 Å². The smallest absolute Gasteiger partial charge is 0.255 e. The van der Waals surface area contributed by atoms with Crippen molar-refractivity contribution < 1.29 is 19.5 Å². The van der Waals surface area contributed by atoms with E-state index in [9.17, 15) is 19.5 Å². The van der Waals surface area contributed by atoms with Crippen LogP contribution in [0, 0.1) is 5.92 Å². The number of carbonyl (C=O) groups excluding carboxylic acids is 3. The zero-order valence-corrected chi connectivity index (χ0v) is 14.6. The average molecular weight is 357 g/mol. The number of fused-ring (bicyclic) bond motifs is 1. The van der Waals surface area contributed by atoms with E-state index in [4.69, 9.17) is 0 Å². The second-order valence-corrected chi connectivity index (χ2v) is 7.35. The SMILES string of the molecule is O=C1CCC(N2Cc3cc(N4CCC(CO)CC4)ccc3C2=O)C(=O)N1. The summed E-state index contributed by atoms with van der Waals surface area (Å²) in [5.41, 5.74) is 2.66. The molecule has 0 radical (unpaired) electrons. The van der Waals surface area contributed by atoms with Gasteiger partial charge in [-0.2, -0.15) is 0 Å². The van der Waals surface area contributed by atoms with E-state index in [0.717, 1.165) is 37.2 Å². The molecule has 2 saturated heterocycles. The molecule has 1 atom stereocenters. The monoisotopic (exact) mass is 357 g/mol. The van der Waals surface area contributed by atoms with E-state index in [-0.39, 0.29) is 30.7 Å². The molecular weight excluding hydrogens is 334 g/mol. The van der Waals surface area contributed by atoms with Gasteiger partial charge in [0.05, 0.1) is 0 Å². The van der Waals surface area contributed by atoms with Crippen molar-refractivity contribution in [3.05, 3.63) is 29.3 Å². The Bertz CT molecular complexity index is 755. The summed E-state index contributed by atoms with van der Waals surface area (Å²) in [6.07, 6.45) is 2.58. The van der Waals surface area contributed by atoms with Crippen LogP contribution in [0.25, 0.3) is 0 Å². The number of nitrogens with zero attached hydrogens (tertiary/aromatic N) is 2. The van der Waals surface area contributed by atoms with Gasteiger partial charge >= 0.3 is 0 Å². The molecular formula is C19H23N3O4. The van der Waals surface area contributed by atoms with Crippen LogP contribution in [0.15, 0.2) is 18.2 Å². The van der Waals surface area contributed by atoms with Gasteiger partial charge in [0, 0.05) is 43.9 Å². The van der Waals surface area contributed by atoms with Crippen LogP contribution in [-0.4, -0.2) is 53.5 Å². The van der Waals surface area contributed by atoms with Gasteiger partial charge in [-0.25, -0.2) is 0 Å². The third kappa shape index (κ3) is 2.96. The van der Waals surface area contributed by atoms with Crippen molar-refractivity contribution in [3.8, 4) is 0 Å². The van der Waals surface area contributed by atoms with Crippen molar-refractivity contribution in [1.29, 1.82) is 0 Å². The van der Waals surface area contributed by atoms with Crippen molar-refractivity contribution in [2.24, 2.45) is 5.92 Å². The predicted octanol–water partition coefficient (Wildman–Crippen LogP) is 0.656. The predicted molar refractivity (Wildman–Crippen MR) is 94.5 cm³/mol. The summed E-state index contributed by atoms with van der Waals surface area (Å²) in [6, 6.07) is 5.27. The fourth-order valence-corrected chi connectivity index (χ4v) is 4.13. The summed E-state index contributed by atoms with van der Waals surface area (Å²) in [5, 5.41) is 11.6. The number of carbonyl (C=O) groups is 3. The summed E-state index contributed by atoms with van der Waals surface area (Å²) >= 11 is 0. The molecule has 1 unspecified atom stereocenters. The van der Waals surface area contributed by atoms with Gasteiger partial charge in [-0.05, 0) is 48.9 Å². The van der Waals surface area contributed by atoms with Crippen LogP contribution in [0.3, 0.4) is 0 Å². The Morgan fingerprint density at radius 2 is 1.88 bits per heavy atom. The highest BCUT2D eigenvalue weighted by Crippen LogP contribution is 2.31. The van der Waals surface area contributed by atoms with E-state index in [1.165, 1.54) is 0 Å². The van der Waals surface area contributed by atoms with E-state index >= 15 is 0 Å². The second-order valence-electron chi connectivity index (χ2n) is 7.35. The highest BCUT2D eigenvalue weighted by Gasteiger charge is 2.39. The van der Waals surface area contributed by atoms with Gasteiger partial charge < -0.3 is 14.9 Å². The van der Waals surface area contributed by atoms with E-state index < -0.39 is 6.04 Å². The minimum atomic E-state index is -0.573. The van der Waals surface area contributed by atoms with Crippen LogP contribution in [-0.2, 0) is 16.1 Å². The third-order valence-electron chi connectivity index (χ3n) is 5.74. The molecule has 7 nitrogen and oxygen atoms in total. The molecule has 1 aromatic carbocycles. The molecule has 0 aliphatic carbocycles. The molecule has 3 aliphatic rings. The lowest BCUT2D eigenvalue weighted by Gasteiger charge is -2.33. The summed E-state index contributed by atoms with van der Waals surface area (Å²) < 4.78 is 0. The topological polar surface area (TPSA) is 90.0 Å². The third-order valence-corrected chi connectivity index (χ3v) is 5.74. The van der Waals surface area contributed by atoms with Gasteiger partial charge in [0.1, 0.15) is 6.04 Å². The second kappa shape index (κ2) is 6.72. The number of hydrogen-bond acceptors (Lipinski definition) is 5. The zero-order chi connectivity index (χ0) is 18.3. The van der Waals surface area contributed by atoms with Crippen LogP contribution in [0.4, 0.5) is 5.69 Å². The van der Waals surface area contributed by atoms with Crippen LogP contribution < -0.4 is 10.2 Å². The lowest BCUT2D eigenvalue weighted by atomic mass is 9.97. The first-order valence-corrected chi connectivity index (χ1v) is 9.20. The maximum atomic E-state index is 12.7. The maximum absolute atomic E-state index is 12.7. The molecule has 4 rings (SSSR count). The number of aliphatic hydroxyl groups excluding tert-OH is 1. The Labute approximate surface area is 152 Å². The van der Waals surface area contributed by atoms with Crippen molar-refractivity contribution >= 4 is 23.4 Å². The van der Waals surface area contributed by atoms with Crippen molar-refractivity contribution in [3.63, 3.8) is 0 Å². The molecule has 0 bridgehead atoms. The number of hydrogen-bond donors (Lipinski definition) is 2.